The van der Waals surface area contributed by atoms with Crippen LogP contribution in [-0.2, 0) is 18.3 Å². The highest BCUT2D eigenvalue weighted by molar-refractivity contribution is 9.10. The van der Waals surface area contributed by atoms with Crippen LogP contribution in [0.5, 0.6) is 0 Å². The van der Waals surface area contributed by atoms with E-state index < -0.39 is 0 Å². The molecule has 90 valence electrons. The summed E-state index contributed by atoms with van der Waals surface area (Å²) in [5.74, 6) is 0.359. The Morgan fingerprint density at radius 3 is 2.81 bits per heavy atom. The molecule has 0 aromatic carbocycles. The lowest BCUT2D eigenvalue weighted by Crippen LogP contribution is -2.35. The van der Waals surface area contributed by atoms with E-state index in [4.69, 9.17) is 0 Å². The van der Waals surface area contributed by atoms with Gasteiger partial charge in [0.2, 0.25) is 5.91 Å². The summed E-state index contributed by atoms with van der Waals surface area (Å²) in [7, 11) is 1.88. The quantitative estimate of drug-likeness (QED) is 0.835. The van der Waals surface area contributed by atoms with Crippen molar-refractivity contribution in [1.29, 1.82) is 0 Å². The minimum Gasteiger partial charge on any atom is -0.355 e. The fourth-order valence-electron chi connectivity index (χ4n) is 1.33. The number of rotatable bonds is 5. The minimum absolute atomic E-state index is 0.0545. The van der Waals surface area contributed by atoms with E-state index >= 15 is 0 Å². The molecule has 0 aliphatic carbocycles. The molecule has 1 unspecified atom stereocenters. The van der Waals surface area contributed by atoms with Gasteiger partial charge in [0.1, 0.15) is 0 Å². The summed E-state index contributed by atoms with van der Waals surface area (Å²) in [6.07, 6.45) is 4.60. The molecule has 0 aliphatic heterocycles. The second-order valence-electron chi connectivity index (χ2n) is 4.21. The molecule has 1 amide bonds. The first kappa shape index (κ1) is 13.2. The summed E-state index contributed by atoms with van der Waals surface area (Å²) in [4.78, 5) is 11.5. The highest BCUT2D eigenvalue weighted by Gasteiger charge is 2.17. The summed E-state index contributed by atoms with van der Waals surface area (Å²) < 4.78 is 1.76. The van der Waals surface area contributed by atoms with Crippen LogP contribution in [0.25, 0.3) is 0 Å². The number of nitrogens with zero attached hydrogens (tertiary/aromatic N) is 2. The van der Waals surface area contributed by atoms with E-state index in [2.05, 4.69) is 26.3 Å². The monoisotopic (exact) mass is 287 g/mol. The van der Waals surface area contributed by atoms with Crippen LogP contribution in [0, 0.1) is 5.92 Å². The zero-order valence-corrected chi connectivity index (χ0v) is 11.5. The number of alkyl halides is 1. The van der Waals surface area contributed by atoms with Crippen molar-refractivity contribution in [2.45, 2.75) is 25.1 Å². The van der Waals surface area contributed by atoms with Gasteiger partial charge in [-0.1, -0.05) is 29.8 Å². The predicted molar refractivity (Wildman–Crippen MR) is 67.5 cm³/mol. The molecule has 1 aromatic rings. The smallest absolute Gasteiger partial charge is 0.234 e. The molecule has 0 saturated heterocycles. The predicted octanol–water partition coefficient (Wildman–Crippen LogP) is 1.50. The van der Waals surface area contributed by atoms with Crippen LogP contribution in [0.2, 0.25) is 0 Å². The molecule has 0 radical (unpaired) electrons. The Morgan fingerprint density at radius 1 is 1.62 bits per heavy atom. The van der Waals surface area contributed by atoms with Gasteiger partial charge in [-0.3, -0.25) is 9.48 Å². The van der Waals surface area contributed by atoms with Crippen molar-refractivity contribution in [1.82, 2.24) is 15.1 Å². The maximum absolute atomic E-state index is 11.6. The fourth-order valence-corrected chi connectivity index (χ4v) is 1.49. The number of nitrogens with one attached hydrogen (secondary N) is 1. The Balaban J connectivity index is 2.28. The van der Waals surface area contributed by atoms with Gasteiger partial charge >= 0.3 is 0 Å². The van der Waals surface area contributed by atoms with Crippen LogP contribution < -0.4 is 5.32 Å². The molecule has 1 rings (SSSR count). The summed E-state index contributed by atoms with van der Waals surface area (Å²) in [5, 5.41) is 6.97. The number of hydrogen-bond donors (Lipinski definition) is 1. The number of halogens is 1. The first-order chi connectivity index (χ1) is 7.50. The van der Waals surface area contributed by atoms with E-state index in [-0.39, 0.29) is 10.7 Å². The number of hydrogen-bond acceptors (Lipinski definition) is 2. The van der Waals surface area contributed by atoms with Gasteiger partial charge in [0.15, 0.2) is 0 Å². The van der Waals surface area contributed by atoms with E-state index in [9.17, 15) is 4.79 Å². The molecule has 0 fully saturated rings. The van der Waals surface area contributed by atoms with Gasteiger partial charge in [0.25, 0.3) is 0 Å². The zero-order valence-electron chi connectivity index (χ0n) is 9.90. The summed E-state index contributed by atoms with van der Waals surface area (Å²) in [5.41, 5.74) is 1.14. The lowest BCUT2D eigenvalue weighted by molar-refractivity contribution is -0.121. The van der Waals surface area contributed by atoms with Crippen molar-refractivity contribution >= 4 is 21.8 Å². The molecule has 1 N–H and O–H groups in total. The Labute approximate surface area is 105 Å². The fraction of sp³-hybridized carbons (Fsp3) is 0.636. The molecular weight excluding hydrogens is 270 g/mol. The van der Waals surface area contributed by atoms with E-state index in [0.717, 1.165) is 12.0 Å². The van der Waals surface area contributed by atoms with Crippen LogP contribution in [0.4, 0.5) is 0 Å². The lowest BCUT2D eigenvalue weighted by Gasteiger charge is -2.13. The van der Waals surface area contributed by atoms with Crippen LogP contribution in [0.1, 0.15) is 19.4 Å². The van der Waals surface area contributed by atoms with Gasteiger partial charge in [0.05, 0.1) is 11.0 Å². The van der Waals surface area contributed by atoms with Gasteiger partial charge < -0.3 is 5.32 Å². The molecule has 0 bridgehead atoms. The molecule has 5 heteroatoms. The highest BCUT2D eigenvalue weighted by Crippen LogP contribution is 2.11. The molecule has 16 heavy (non-hydrogen) atoms. The van der Waals surface area contributed by atoms with Crippen LogP contribution in [0.15, 0.2) is 12.4 Å². The number of aryl methyl sites for hydroxylation is 1. The average molecular weight is 288 g/mol. The molecular formula is C11H18BrN3O. The normalized spacial score (nSPS) is 12.8. The number of amides is 1. The third-order valence-corrected chi connectivity index (χ3v) is 3.78. The largest absolute Gasteiger partial charge is 0.355 e. The van der Waals surface area contributed by atoms with Crippen molar-refractivity contribution < 1.29 is 4.79 Å². The topological polar surface area (TPSA) is 46.9 Å². The number of carbonyl (C=O) groups excluding carboxylic acids is 1. The van der Waals surface area contributed by atoms with Crippen molar-refractivity contribution in [3.63, 3.8) is 0 Å². The lowest BCUT2D eigenvalue weighted by atomic mass is 10.1. The van der Waals surface area contributed by atoms with Gasteiger partial charge in [-0.15, -0.1) is 0 Å². The van der Waals surface area contributed by atoms with Gasteiger partial charge in [-0.05, 0) is 17.9 Å². The molecule has 0 spiro atoms. The van der Waals surface area contributed by atoms with Crippen molar-refractivity contribution in [3.05, 3.63) is 18.0 Å². The Kier molecular flexibility index (Phi) is 4.99. The van der Waals surface area contributed by atoms with Crippen molar-refractivity contribution in [2.24, 2.45) is 13.0 Å². The van der Waals surface area contributed by atoms with Crippen LogP contribution in [0.3, 0.4) is 0 Å². The van der Waals surface area contributed by atoms with Crippen molar-refractivity contribution in [3.8, 4) is 0 Å². The van der Waals surface area contributed by atoms with Gasteiger partial charge in [-0.25, -0.2) is 0 Å². The van der Waals surface area contributed by atoms with Crippen molar-refractivity contribution in [2.75, 3.05) is 6.54 Å². The molecule has 1 heterocycles. The summed E-state index contributed by atoms with van der Waals surface area (Å²) in [6, 6.07) is 0. The first-order valence-electron chi connectivity index (χ1n) is 5.40. The standard InChI is InChI=1S/C11H18BrN3O/c1-8(2)10(12)11(16)13-5-4-9-6-14-15(3)7-9/h6-8,10H,4-5H2,1-3H3,(H,13,16). The van der Waals surface area contributed by atoms with Gasteiger partial charge in [0, 0.05) is 19.8 Å². The maximum Gasteiger partial charge on any atom is 0.234 e. The second-order valence-corrected chi connectivity index (χ2v) is 5.20. The molecule has 1 aromatic heterocycles. The third-order valence-electron chi connectivity index (χ3n) is 2.31. The molecule has 0 saturated carbocycles. The number of carbonyl (C=O) groups is 1. The average Bonchev–Trinajstić information content (AvgIpc) is 2.62. The van der Waals surface area contributed by atoms with E-state index in [1.54, 1.807) is 4.68 Å². The minimum atomic E-state index is -0.110. The second kappa shape index (κ2) is 6.03. The van der Waals surface area contributed by atoms with Gasteiger partial charge in [-0.2, -0.15) is 5.10 Å². The first-order valence-corrected chi connectivity index (χ1v) is 6.31. The van der Waals surface area contributed by atoms with E-state index in [0.29, 0.717) is 12.5 Å². The zero-order chi connectivity index (χ0) is 12.1. The highest BCUT2D eigenvalue weighted by atomic mass is 79.9. The molecule has 0 aliphatic rings. The van der Waals surface area contributed by atoms with E-state index in [1.165, 1.54) is 0 Å². The summed E-state index contributed by atoms with van der Waals surface area (Å²) in [6.45, 7) is 4.68. The number of aromatic nitrogens is 2. The van der Waals surface area contributed by atoms with E-state index in [1.807, 2.05) is 33.3 Å². The Hall–Kier alpha value is -0.840. The summed E-state index contributed by atoms with van der Waals surface area (Å²) >= 11 is 3.37. The Bertz CT molecular complexity index is 349. The van der Waals surface area contributed by atoms with Crippen LogP contribution >= 0.6 is 15.9 Å². The molecule has 4 nitrogen and oxygen atoms in total. The third kappa shape index (κ3) is 3.96. The maximum atomic E-state index is 11.6. The Morgan fingerprint density at radius 2 is 2.31 bits per heavy atom. The molecule has 1 atom stereocenters. The van der Waals surface area contributed by atoms with Crippen LogP contribution in [-0.4, -0.2) is 27.1 Å². The SMILES string of the molecule is CC(C)C(Br)C(=O)NCCc1cnn(C)c1.